The number of ether oxygens (including phenoxy) is 1. The zero-order valence-electron chi connectivity index (χ0n) is 23.2. The van der Waals surface area contributed by atoms with Gasteiger partial charge in [0.2, 0.25) is 0 Å². The third kappa shape index (κ3) is 5.98. The van der Waals surface area contributed by atoms with Crippen molar-refractivity contribution in [2.75, 3.05) is 26.2 Å². The van der Waals surface area contributed by atoms with Crippen molar-refractivity contribution in [1.29, 1.82) is 0 Å². The van der Waals surface area contributed by atoms with E-state index in [2.05, 4.69) is 113 Å². The minimum atomic E-state index is -0.540. The van der Waals surface area contributed by atoms with Gasteiger partial charge >= 0.3 is 5.97 Å². The summed E-state index contributed by atoms with van der Waals surface area (Å²) < 4.78 is 5.73. The second kappa shape index (κ2) is 11.6. The summed E-state index contributed by atoms with van der Waals surface area (Å²) in [4.78, 5) is 15.6. The van der Waals surface area contributed by atoms with Crippen molar-refractivity contribution in [3.05, 3.63) is 131 Å². The van der Waals surface area contributed by atoms with Crippen LogP contribution in [-0.4, -0.2) is 48.2 Å². The van der Waals surface area contributed by atoms with Gasteiger partial charge in [-0.05, 0) is 61.1 Å². The zero-order chi connectivity index (χ0) is 27.3. The molecule has 1 N–H and O–H groups in total. The van der Waals surface area contributed by atoms with E-state index in [1.807, 2.05) is 26.8 Å². The lowest BCUT2D eigenvalue weighted by atomic mass is 9.72. The Kier molecular flexibility index (Phi) is 7.97. The van der Waals surface area contributed by atoms with Crippen molar-refractivity contribution in [2.45, 2.75) is 38.3 Å². The van der Waals surface area contributed by atoms with Crippen LogP contribution < -0.4 is 5.32 Å². The lowest BCUT2D eigenvalue weighted by Crippen LogP contribution is -2.56. The van der Waals surface area contributed by atoms with Gasteiger partial charge < -0.3 is 10.1 Å². The molecule has 0 saturated carbocycles. The number of esters is 1. The average Bonchev–Trinajstić information content (AvgIpc) is 2.97. The van der Waals surface area contributed by atoms with E-state index in [1.54, 1.807) is 0 Å². The van der Waals surface area contributed by atoms with Crippen LogP contribution in [0.3, 0.4) is 0 Å². The summed E-state index contributed by atoms with van der Waals surface area (Å²) in [6.07, 6.45) is 6.99. The third-order valence-electron chi connectivity index (χ3n) is 7.36. The molecule has 1 fully saturated rings. The Morgan fingerprint density at radius 2 is 1.31 bits per heavy atom. The van der Waals surface area contributed by atoms with Crippen molar-refractivity contribution in [3.63, 3.8) is 0 Å². The Bertz CT molecular complexity index is 1320. The van der Waals surface area contributed by atoms with E-state index >= 15 is 0 Å². The van der Waals surface area contributed by atoms with Gasteiger partial charge in [-0.25, -0.2) is 4.79 Å². The predicted molar refractivity (Wildman–Crippen MR) is 160 cm³/mol. The summed E-state index contributed by atoms with van der Waals surface area (Å²) in [5.41, 5.74) is 5.61. The van der Waals surface area contributed by atoms with E-state index in [0.29, 0.717) is 12.0 Å². The normalized spacial score (nSPS) is 19.7. The molecule has 1 unspecified atom stereocenters. The van der Waals surface area contributed by atoms with Crippen molar-refractivity contribution in [1.82, 2.24) is 10.2 Å². The molecule has 4 nitrogen and oxygen atoms in total. The predicted octanol–water partition coefficient (Wildman–Crippen LogP) is 6.52. The monoisotopic (exact) mass is 518 g/mol. The number of hydrogen-bond acceptors (Lipinski definition) is 4. The second-order valence-electron chi connectivity index (χ2n) is 11.2. The quantitative estimate of drug-likeness (QED) is 0.298. The van der Waals surface area contributed by atoms with E-state index in [9.17, 15) is 4.79 Å². The number of carbonyl (C=O) groups is 1. The Balaban J connectivity index is 1.76. The van der Waals surface area contributed by atoms with Gasteiger partial charge in [-0.3, -0.25) is 4.90 Å². The SMILES string of the molecule is CC(C)(C)OC(=O)C1=CCC(C(=C(c2ccccc2)c2ccccc2)c2ccccc2)(N2CCNCC2)C=C1. The number of carbonyl (C=O) groups excluding carboxylic acids is 1. The fourth-order valence-corrected chi connectivity index (χ4v) is 5.64. The standard InChI is InChI=1S/C35H38N2O2/c1-34(2,3)39-33(38)30-19-21-35(22-20-30,37-25-23-36-24-26-37)32(29-17-11-6-12-18-29)31(27-13-7-4-8-14-27)28-15-9-5-10-16-28/h4-21,36H,22-26H2,1-3H3. The number of nitrogens with zero attached hydrogens (tertiary/aromatic N) is 1. The lowest BCUT2D eigenvalue weighted by molar-refractivity contribution is -0.149. The van der Waals surface area contributed by atoms with Crippen molar-refractivity contribution in [2.24, 2.45) is 0 Å². The molecule has 3 aromatic carbocycles. The van der Waals surface area contributed by atoms with E-state index < -0.39 is 11.1 Å². The van der Waals surface area contributed by atoms with Crippen molar-refractivity contribution < 1.29 is 9.53 Å². The molecule has 0 aromatic heterocycles. The summed E-state index contributed by atoms with van der Waals surface area (Å²) >= 11 is 0. The molecule has 0 spiro atoms. The Morgan fingerprint density at radius 1 is 0.795 bits per heavy atom. The number of piperazine rings is 1. The fraction of sp³-hybridized carbons (Fsp3) is 0.286. The molecular formula is C35H38N2O2. The molecule has 1 aliphatic heterocycles. The van der Waals surface area contributed by atoms with Gasteiger partial charge in [0.1, 0.15) is 5.60 Å². The minimum absolute atomic E-state index is 0.274. The van der Waals surface area contributed by atoms with Crippen LogP contribution in [0, 0.1) is 0 Å². The Hall–Kier alpha value is -3.73. The maximum absolute atomic E-state index is 13.0. The molecule has 1 aliphatic carbocycles. The molecule has 200 valence electrons. The van der Waals surface area contributed by atoms with Gasteiger partial charge in [0.15, 0.2) is 0 Å². The molecule has 1 atom stereocenters. The smallest absolute Gasteiger partial charge is 0.338 e. The van der Waals surface area contributed by atoms with Gasteiger partial charge in [0, 0.05) is 26.2 Å². The molecule has 5 rings (SSSR count). The molecule has 2 aliphatic rings. The molecule has 39 heavy (non-hydrogen) atoms. The number of rotatable bonds is 6. The molecule has 1 saturated heterocycles. The largest absolute Gasteiger partial charge is 0.456 e. The fourth-order valence-electron chi connectivity index (χ4n) is 5.64. The highest BCUT2D eigenvalue weighted by Crippen LogP contribution is 2.46. The van der Waals surface area contributed by atoms with Crippen LogP contribution in [-0.2, 0) is 9.53 Å². The zero-order valence-corrected chi connectivity index (χ0v) is 23.2. The van der Waals surface area contributed by atoms with E-state index in [-0.39, 0.29) is 5.97 Å². The van der Waals surface area contributed by atoms with Crippen LogP contribution in [0.1, 0.15) is 43.9 Å². The third-order valence-corrected chi connectivity index (χ3v) is 7.36. The van der Waals surface area contributed by atoms with Gasteiger partial charge in [-0.1, -0.05) is 103 Å². The highest BCUT2D eigenvalue weighted by molar-refractivity contribution is 6.03. The van der Waals surface area contributed by atoms with Crippen LogP contribution in [0.25, 0.3) is 11.1 Å². The van der Waals surface area contributed by atoms with Crippen LogP contribution >= 0.6 is 0 Å². The maximum Gasteiger partial charge on any atom is 0.338 e. The second-order valence-corrected chi connectivity index (χ2v) is 11.2. The summed E-state index contributed by atoms with van der Waals surface area (Å²) in [6, 6.07) is 32.1. The average molecular weight is 519 g/mol. The van der Waals surface area contributed by atoms with Crippen LogP contribution in [0.15, 0.2) is 115 Å². The summed E-state index contributed by atoms with van der Waals surface area (Å²) in [5.74, 6) is -0.274. The maximum atomic E-state index is 13.0. The van der Waals surface area contributed by atoms with Crippen LogP contribution in [0.4, 0.5) is 0 Å². The van der Waals surface area contributed by atoms with Gasteiger partial charge in [0.25, 0.3) is 0 Å². The summed E-state index contributed by atoms with van der Waals surface area (Å²) in [5, 5.41) is 3.52. The lowest BCUT2D eigenvalue weighted by Gasteiger charge is -2.48. The van der Waals surface area contributed by atoms with Gasteiger partial charge in [0.05, 0.1) is 11.1 Å². The first kappa shape index (κ1) is 26.9. The van der Waals surface area contributed by atoms with E-state index in [1.165, 1.54) is 27.8 Å². The van der Waals surface area contributed by atoms with Crippen molar-refractivity contribution >= 4 is 17.1 Å². The Labute approximate surface area is 232 Å². The highest BCUT2D eigenvalue weighted by atomic mass is 16.6. The van der Waals surface area contributed by atoms with Gasteiger partial charge in [-0.2, -0.15) is 0 Å². The van der Waals surface area contributed by atoms with Crippen molar-refractivity contribution in [3.8, 4) is 0 Å². The van der Waals surface area contributed by atoms with E-state index in [0.717, 1.165) is 26.2 Å². The summed E-state index contributed by atoms with van der Waals surface area (Å²) in [7, 11) is 0. The topological polar surface area (TPSA) is 41.6 Å². The molecule has 4 heteroatoms. The number of benzene rings is 3. The first-order chi connectivity index (χ1) is 18.9. The molecular weight excluding hydrogens is 480 g/mol. The number of hydrogen-bond donors (Lipinski definition) is 1. The summed E-state index contributed by atoms with van der Waals surface area (Å²) in [6.45, 7) is 9.39. The molecule has 1 heterocycles. The van der Waals surface area contributed by atoms with Crippen LogP contribution in [0.5, 0.6) is 0 Å². The highest BCUT2D eigenvalue weighted by Gasteiger charge is 2.42. The molecule has 0 bridgehead atoms. The number of nitrogens with one attached hydrogen (secondary N) is 1. The first-order valence-electron chi connectivity index (χ1n) is 13.9. The minimum Gasteiger partial charge on any atom is -0.456 e. The van der Waals surface area contributed by atoms with E-state index in [4.69, 9.17) is 4.74 Å². The van der Waals surface area contributed by atoms with Gasteiger partial charge in [-0.15, -0.1) is 0 Å². The Morgan fingerprint density at radius 3 is 1.77 bits per heavy atom. The first-order valence-corrected chi connectivity index (χ1v) is 13.9. The molecule has 3 aromatic rings. The molecule has 0 amide bonds. The van der Waals surface area contributed by atoms with Crippen LogP contribution in [0.2, 0.25) is 0 Å². The molecule has 0 radical (unpaired) electrons.